The molecule has 0 spiro atoms. The third kappa shape index (κ3) is 9.37. The molecule has 81 heavy (non-hydrogen) atoms. The average molecular weight is 1060 g/mol. The largest absolute Gasteiger partial charge is 0.457 e. The number of hydrogen-bond acceptors (Lipinski definition) is 4. The Bertz CT molecular complexity index is 4280. The van der Waals surface area contributed by atoms with Gasteiger partial charge >= 0.3 is 0 Å². The van der Waals surface area contributed by atoms with Gasteiger partial charge in [0.05, 0.1) is 33.8 Å². The van der Waals surface area contributed by atoms with Gasteiger partial charge in [-0.25, -0.2) is 4.98 Å². The highest BCUT2D eigenvalue weighted by Gasteiger charge is 2.33. The van der Waals surface area contributed by atoms with Crippen molar-refractivity contribution in [3.8, 4) is 73.1 Å². The number of anilines is 4. The van der Waals surface area contributed by atoms with Crippen molar-refractivity contribution < 1.29 is 4.74 Å². The molecule has 9 aromatic carbocycles. The molecule has 0 amide bonds. The highest BCUT2D eigenvalue weighted by atomic mass is 16.5. The first-order valence-corrected chi connectivity index (χ1v) is 28.8. The van der Waals surface area contributed by atoms with Crippen LogP contribution in [0, 0.1) is 0 Å². The number of ether oxygens (including phenoxy) is 1. The summed E-state index contributed by atoms with van der Waals surface area (Å²) in [4.78, 5) is 10.7. The molecule has 5 nitrogen and oxygen atoms in total. The van der Waals surface area contributed by atoms with Crippen LogP contribution < -0.4 is 14.5 Å². The van der Waals surface area contributed by atoms with Crippen molar-refractivity contribution >= 4 is 44.6 Å². The van der Waals surface area contributed by atoms with E-state index in [0.29, 0.717) is 6.67 Å². The number of nitrogens with zero attached hydrogens (tertiary/aromatic N) is 4. The van der Waals surface area contributed by atoms with Crippen LogP contribution in [0.5, 0.6) is 11.5 Å². The first-order chi connectivity index (χ1) is 38.6. The van der Waals surface area contributed by atoms with Crippen LogP contribution >= 0.6 is 0 Å². The van der Waals surface area contributed by atoms with Gasteiger partial charge < -0.3 is 14.5 Å². The van der Waals surface area contributed by atoms with Gasteiger partial charge in [-0.1, -0.05) is 210 Å². The molecule has 0 fully saturated rings. The summed E-state index contributed by atoms with van der Waals surface area (Å²) < 4.78 is 9.60. The topological polar surface area (TPSA) is 33.5 Å². The van der Waals surface area contributed by atoms with E-state index in [2.05, 4.69) is 304 Å². The molecule has 2 aliphatic heterocycles. The third-order valence-corrected chi connectivity index (χ3v) is 16.8. The molecule has 2 aliphatic rings. The first-order valence-electron chi connectivity index (χ1n) is 28.8. The molecule has 0 saturated heterocycles. The zero-order valence-corrected chi connectivity index (χ0v) is 49.0. The molecule has 0 aliphatic carbocycles. The van der Waals surface area contributed by atoms with E-state index in [-0.39, 0.29) is 21.7 Å². The van der Waals surface area contributed by atoms with Gasteiger partial charge in [-0.2, -0.15) is 0 Å². The lowest BCUT2D eigenvalue weighted by molar-refractivity contribution is 0.479. The van der Waals surface area contributed by atoms with E-state index in [1.54, 1.807) is 0 Å². The van der Waals surface area contributed by atoms with Crippen LogP contribution in [0.25, 0.3) is 83.4 Å². The Kier molecular flexibility index (Phi) is 12.1. The number of fused-ring (bicyclic) bond motifs is 23. The minimum absolute atomic E-state index is 0.0328. The Hall–Kier alpha value is -8.67. The molecular weight excluding hydrogens is 985 g/mol. The van der Waals surface area contributed by atoms with Crippen LogP contribution in [0.1, 0.15) is 105 Å². The molecule has 2 aromatic heterocycles. The number of aromatic nitrogens is 2. The van der Waals surface area contributed by atoms with Gasteiger partial charge in [0.1, 0.15) is 24.0 Å². The Morgan fingerprint density at radius 2 is 0.963 bits per heavy atom. The minimum Gasteiger partial charge on any atom is -0.457 e. The van der Waals surface area contributed by atoms with E-state index in [0.717, 1.165) is 95.4 Å². The Balaban J connectivity index is 1.09. The number of para-hydroxylation sites is 3. The maximum atomic E-state index is 7.24. The fourth-order valence-corrected chi connectivity index (χ4v) is 12.1. The molecule has 5 heteroatoms. The van der Waals surface area contributed by atoms with Crippen molar-refractivity contribution in [1.29, 1.82) is 0 Å². The van der Waals surface area contributed by atoms with Crippen LogP contribution in [-0.4, -0.2) is 16.2 Å². The van der Waals surface area contributed by atoms with Crippen LogP contribution in [0.4, 0.5) is 22.7 Å². The molecule has 4 heterocycles. The van der Waals surface area contributed by atoms with Crippen molar-refractivity contribution in [2.45, 2.75) is 105 Å². The van der Waals surface area contributed by atoms with Crippen LogP contribution in [0.15, 0.2) is 206 Å². The maximum Gasteiger partial charge on any atom is 0.138 e. The van der Waals surface area contributed by atoms with Gasteiger partial charge in [-0.05, 0) is 144 Å². The van der Waals surface area contributed by atoms with E-state index in [9.17, 15) is 0 Å². The van der Waals surface area contributed by atoms with Gasteiger partial charge in [0.25, 0.3) is 0 Å². The molecule has 0 radical (unpaired) electrons. The highest BCUT2D eigenvalue weighted by Crippen LogP contribution is 2.53. The minimum atomic E-state index is -0.185. The maximum absolute atomic E-state index is 7.24. The van der Waals surface area contributed by atoms with Gasteiger partial charge in [-0.3, -0.25) is 4.57 Å². The number of pyridine rings is 1. The summed E-state index contributed by atoms with van der Waals surface area (Å²) >= 11 is 0. The molecule has 13 rings (SSSR count). The molecule has 10 bridgehead atoms. The molecule has 0 atom stereocenters. The van der Waals surface area contributed by atoms with E-state index in [1.807, 2.05) is 0 Å². The predicted octanol–water partition coefficient (Wildman–Crippen LogP) is 21.1. The zero-order valence-electron chi connectivity index (χ0n) is 49.0. The summed E-state index contributed by atoms with van der Waals surface area (Å²) in [6.07, 6.45) is 0. The summed E-state index contributed by atoms with van der Waals surface area (Å²) in [5.41, 5.74) is 22.6. The summed E-state index contributed by atoms with van der Waals surface area (Å²) in [6.45, 7) is 28.1. The van der Waals surface area contributed by atoms with E-state index in [1.165, 1.54) is 44.5 Å². The van der Waals surface area contributed by atoms with Crippen molar-refractivity contribution in [3.05, 3.63) is 229 Å². The number of rotatable bonds is 2. The Morgan fingerprint density at radius 1 is 0.358 bits per heavy atom. The summed E-state index contributed by atoms with van der Waals surface area (Å²) in [7, 11) is 0. The summed E-state index contributed by atoms with van der Waals surface area (Å²) in [6, 6.07) is 77.0. The fraction of sp³-hybridized carbons (Fsp3) is 0.224. The van der Waals surface area contributed by atoms with Crippen molar-refractivity contribution in [2.24, 2.45) is 0 Å². The lowest BCUT2D eigenvalue weighted by Crippen LogP contribution is -2.25. The number of benzene rings is 9. The summed E-state index contributed by atoms with van der Waals surface area (Å²) in [5, 5.41) is 2.29. The fourth-order valence-electron chi connectivity index (χ4n) is 12.1. The zero-order chi connectivity index (χ0) is 56.3. The van der Waals surface area contributed by atoms with Gasteiger partial charge in [0.15, 0.2) is 0 Å². The SMILES string of the molecule is CC(C)(C)c1ccc(-c2ccc3c(c2)c2ccc4cc2n3-c2cc(C(C)(C)C)cc(n2)-c2cccc(c2)-c2ccccc2-c2cccc(-c3cccc(C(C)(C)C)c3)c2N2CN(c3cc(cc(C(C)(C)C)c3)O4)c3ccccc32)cc1. The molecular formula is C76H72N4O. The van der Waals surface area contributed by atoms with E-state index in [4.69, 9.17) is 9.72 Å². The lowest BCUT2D eigenvalue weighted by Gasteiger charge is -2.29. The van der Waals surface area contributed by atoms with Gasteiger partial charge in [0, 0.05) is 45.3 Å². The average Bonchev–Trinajstić information content (AvgIpc) is 4.15. The highest BCUT2D eigenvalue weighted by molar-refractivity contribution is 6.11. The monoisotopic (exact) mass is 1060 g/mol. The lowest BCUT2D eigenvalue weighted by atomic mass is 9.84. The normalized spacial score (nSPS) is 13.4. The molecule has 11 aromatic rings. The Morgan fingerprint density at radius 3 is 1.69 bits per heavy atom. The first kappa shape index (κ1) is 51.7. The standard InChI is InChI=1S/C76H72N4O/c1-73(2,3)53-33-30-48(31-34-53)49-32-37-67-65(40-49)63-36-35-58-46-70(63)80(67)71-44-56(76(10,11)12)43-66(77-71)52-22-17-20-50(38-52)60-24-13-14-25-62(60)64-27-19-26-61(51-21-18-23-54(39-51)74(4,5)6)72(64)79-47-78(68-28-15-16-29-69(68)79)57-41-55(75(7,8)9)42-59(45-57)81-58/h13-46H,47H2,1-12H3. The van der Waals surface area contributed by atoms with Gasteiger partial charge in [-0.15, -0.1) is 0 Å². The quantitative estimate of drug-likeness (QED) is 0.173. The molecule has 0 saturated carbocycles. The predicted molar refractivity (Wildman–Crippen MR) is 343 cm³/mol. The van der Waals surface area contributed by atoms with E-state index < -0.39 is 0 Å². The molecule has 402 valence electrons. The van der Waals surface area contributed by atoms with Gasteiger partial charge in [0.2, 0.25) is 0 Å². The molecule has 0 unspecified atom stereocenters. The van der Waals surface area contributed by atoms with Crippen LogP contribution in [-0.2, 0) is 21.7 Å². The number of hydrogen-bond donors (Lipinski definition) is 0. The van der Waals surface area contributed by atoms with E-state index >= 15 is 0 Å². The smallest absolute Gasteiger partial charge is 0.138 e. The van der Waals surface area contributed by atoms with Crippen molar-refractivity contribution in [1.82, 2.24) is 9.55 Å². The van der Waals surface area contributed by atoms with Crippen LogP contribution in [0.2, 0.25) is 0 Å². The summed E-state index contributed by atoms with van der Waals surface area (Å²) in [5.74, 6) is 2.40. The van der Waals surface area contributed by atoms with Crippen molar-refractivity contribution in [3.63, 3.8) is 0 Å². The third-order valence-electron chi connectivity index (χ3n) is 16.8. The Labute approximate surface area is 479 Å². The second-order valence-corrected chi connectivity index (χ2v) is 26.6. The van der Waals surface area contributed by atoms with Crippen LogP contribution in [0.3, 0.4) is 0 Å². The molecule has 0 N–H and O–H groups in total. The second kappa shape index (κ2) is 19.0. The van der Waals surface area contributed by atoms with Crippen molar-refractivity contribution in [2.75, 3.05) is 16.5 Å². The second-order valence-electron chi connectivity index (χ2n) is 26.6.